The first kappa shape index (κ1) is 10.2. The van der Waals surface area contributed by atoms with E-state index in [-0.39, 0.29) is 6.29 Å². The fraction of sp³-hybridized carbons (Fsp3) is 0.385. The topological polar surface area (TPSA) is 18.5 Å². The Bertz CT molecular complexity index is 381. The molecule has 0 N–H and O–H groups in total. The van der Waals surface area contributed by atoms with Crippen LogP contribution in [0.3, 0.4) is 0 Å². The maximum Gasteiger partial charge on any atom is 0.184 e. The Kier molecular flexibility index (Phi) is 3.39. The molecule has 0 spiro atoms. The number of benzene rings is 1. The molecule has 0 bridgehead atoms. The molecule has 1 fully saturated rings. The Balaban J connectivity index is 2.22. The summed E-state index contributed by atoms with van der Waals surface area (Å²) in [5.41, 5.74) is 2.30. The maximum absolute atomic E-state index is 5.49. The van der Waals surface area contributed by atoms with E-state index in [1.54, 1.807) is 0 Å². The lowest BCUT2D eigenvalue weighted by Gasteiger charge is -2.12. The molecule has 2 heteroatoms. The zero-order valence-electron chi connectivity index (χ0n) is 8.82. The molecule has 1 aliphatic rings. The van der Waals surface area contributed by atoms with E-state index in [1.807, 2.05) is 25.1 Å². The van der Waals surface area contributed by atoms with Crippen molar-refractivity contribution in [1.82, 2.24) is 0 Å². The van der Waals surface area contributed by atoms with Gasteiger partial charge in [-0.05, 0) is 12.5 Å². The van der Waals surface area contributed by atoms with Crippen LogP contribution in [0.15, 0.2) is 24.3 Å². The first-order valence-corrected chi connectivity index (χ1v) is 5.12. The molecule has 1 aliphatic heterocycles. The van der Waals surface area contributed by atoms with Crippen LogP contribution in [0.5, 0.6) is 0 Å². The minimum absolute atomic E-state index is 0.195. The molecule has 0 amide bonds. The molecule has 1 saturated heterocycles. The highest BCUT2D eigenvalue weighted by Crippen LogP contribution is 2.26. The van der Waals surface area contributed by atoms with Gasteiger partial charge in [-0.2, -0.15) is 0 Å². The lowest BCUT2D eigenvalue weighted by atomic mass is 10.0. The van der Waals surface area contributed by atoms with Gasteiger partial charge in [0.25, 0.3) is 0 Å². The average Bonchev–Trinajstić information content (AvgIpc) is 2.80. The molecule has 0 aromatic heterocycles. The van der Waals surface area contributed by atoms with Crippen LogP contribution in [-0.4, -0.2) is 13.2 Å². The Morgan fingerprint density at radius 3 is 2.73 bits per heavy atom. The summed E-state index contributed by atoms with van der Waals surface area (Å²) in [5, 5.41) is 0. The van der Waals surface area contributed by atoms with Crippen LogP contribution < -0.4 is 0 Å². The van der Waals surface area contributed by atoms with Gasteiger partial charge in [0, 0.05) is 12.0 Å². The molecular weight excluding hydrogens is 188 g/mol. The molecule has 15 heavy (non-hydrogen) atoms. The molecule has 1 heterocycles. The van der Waals surface area contributed by atoms with Gasteiger partial charge in [-0.1, -0.05) is 30.2 Å². The predicted molar refractivity (Wildman–Crippen MR) is 58.2 cm³/mol. The van der Waals surface area contributed by atoms with E-state index in [9.17, 15) is 0 Å². The van der Waals surface area contributed by atoms with Gasteiger partial charge in [-0.25, -0.2) is 0 Å². The van der Waals surface area contributed by atoms with E-state index in [2.05, 4.69) is 17.9 Å². The third-order valence-electron chi connectivity index (χ3n) is 2.39. The number of ether oxygens (including phenoxy) is 2. The van der Waals surface area contributed by atoms with E-state index in [0.717, 1.165) is 12.0 Å². The van der Waals surface area contributed by atoms with Crippen molar-refractivity contribution in [3.8, 4) is 11.8 Å². The van der Waals surface area contributed by atoms with Gasteiger partial charge in [0.15, 0.2) is 6.29 Å². The average molecular weight is 202 g/mol. The molecule has 2 nitrogen and oxygen atoms in total. The van der Waals surface area contributed by atoms with Crippen LogP contribution in [0.1, 0.15) is 24.3 Å². The Morgan fingerprint density at radius 1 is 1.27 bits per heavy atom. The summed E-state index contributed by atoms with van der Waals surface area (Å²) in [6.45, 7) is 3.21. The molecule has 78 valence electrons. The highest BCUT2D eigenvalue weighted by atomic mass is 16.7. The third-order valence-corrected chi connectivity index (χ3v) is 2.39. The summed E-state index contributed by atoms with van der Waals surface area (Å²) >= 11 is 0. The van der Waals surface area contributed by atoms with Crippen LogP contribution in [-0.2, 0) is 15.9 Å². The second-order valence-electron chi connectivity index (χ2n) is 3.38. The molecule has 0 saturated carbocycles. The minimum atomic E-state index is -0.195. The van der Waals surface area contributed by atoms with E-state index in [1.165, 1.54) is 5.56 Å². The van der Waals surface area contributed by atoms with Gasteiger partial charge >= 0.3 is 0 Å². The first-order chi connectivity index (χ1) is 7.42. The van der Waals surface area contributed by atoms with Crippen molar-refractivity contribution in [2.24, 2.45) is 0 Å². The van der Waals surface area contributed by atoms with Crippen molar-refractivity contribution in [3.05, 3.63) is 35.4 Å². The quantitative estimate of drug-likeness (QED) is 0.685. The number of hydrogen-bond donors (Lipinski definition) is 0. The van der Waals surface area contributed by atoms with Crippen LogP contribution >= 0.6 is 0 Å². The molecule has 0 aliphatic carbocycles. The van der Waals surface area contributed by atoms with E-state index < -0.39 is 0 Å². The van der Waals surface area contributed by atoms with Crippen LogP contribution in [0.25, 0.3) is 0 Å². The van der Waals surface area contributed by atoms with Gasteiger partial charge in [-0.15, -0.1) is 5.92 Å². The first-order valence-electron chi connectivity index (χ1n) is 5.12. The summed E-state index contributed by atoms with van der Waals surface area (Å²) in [7, 11) is 0. The van der Waals surface area contributed by atoms with Gasteiger partial charge < -0.3 is 9.47 Å². The van der Waals surface area contributed by atoms with Crippen molar-refractivity contribution in [2.75, 3.05) is 13.2 Å². The van der Waals surface area contributed by atoms with Crippen molar-refractivity contribution >= 4 is 0 Å². The lowest BCUT2D eigenvalue weighted by molar-refractivity contribution is -0.0446. The van der Waals surface area contributed by atoms with E-state index in [0.29, 0.717) is 13.2 Å². The monoisotopic (exact) mass is 202 g/mol. The molecule has 0 radical (unpaired) electrons. The number of hydrogen-bond acceptors (Lipinski definition) is 2. The largest absolute Gasteiger partial charge is 0.346 e. The normalized spacial score (nSPS) is 16.1. The SMILES string of the molecule is CC#CCc1ccccc1C1OCCO1. The summed E-state index contributed by atoms with van der Waals surface area (Å²) in [6.07, 6.45) is 0.565. The minimum Gasteiger partial charge on any atom is -0.346 e. The van der Waals surface area contributed by atoms with Crippen LogP contribution in [0.4, 0.5) is 0 Å². The van der Waals surface area contributed by atoms with Gasteiger partial charge in [0.05, 0.1) is 13.2 Å². The molecule has 1 aromatic carbocycles. The molecule has 2 rings (SSSR count). The number of rotatable bonds is 2. The van der Waals surface area contributed by atoms with Gasteiger partial charge in [0.2, 0.25) is 0 Å². The van der Waals surface area contributed by atoms with E-state index >= 15 is 0 Å². The van der Waals surface area contributed by atoms with Gasteiger partial charge in [0.1, 0.15) is 0 Å². The fourth-order valence-electron chi connectivity index (χ4n) is 1.65. The molecule has 1 aromatic rings. The van der Waals surface area contributed by atoms with Crippen molar-refractivity contribution in [3.63, 3.8) is 0 Å². The van der Waals surface area contributed by atoms with Crippen molar-refractivity contribution in [1.29, 1.82) is 0 Å². The summed E-state index contributed by atoms with van der Waals surface area (Å²) < 4.78 is 11.0. The second-order valence-corrected chi connectivity index (χ2v) is 3.38. The molecule has 0 atom stereocenters. The summed E-state index contributed by atoms with van der Waals surface area (Å²) in [5.74, 6) is 5.97. The Morgan fingerprint density at radius 2 is 2.00 bits per heavy atom. The zero-order valence-corrected chi connectivity index (χ0v) is 8.82. The molecular formula is C13H14O2. The van der Waals surface area contributed by atoms with Crippen LogP contribution in [0, 0.1) is 11.8 Å². The van der Waals surface area contributed by atoms with Crippen molar-refractivity contribution in [2.45, 2.75) is 19.6 Å². The van der Waals surface area contributed by atoms with Crippen molar-refractivity contribution < 1.29 is 9.47 Å². The summed E-state index contributed by atoms with van der Waals surface area (Å²) in [4.78, 5) is 0. The third kappa shape index (κ3) is 2.38. The highest BCUT2D eigenvalue weighted by molar-refractivity contribution is 5.31. The van der Waals surface area contributed by atoms with Gasteiger partial charge in [-0.3, -0.25) is 0 Å². The van der Waals surface area contributed by atoms with Crippen LogP contribution in [0.2, 0.25) is 0 Å². The summed E-state index contributed by atoms with van der Waals surface area (Å²) in [6, 6.07) is 8.14. The standard InChI is InChI=1S/C13H14O2/c1-2-3-6-11-7-4-5-8-12(11)13-14-9-10-15-13/h4-5,7-8,13H,6,9-10H2,1H3. The second kappa shape index (κ2) is 4.97. The smallest absolute Gasteiger partial charge is 0.184 e. The Labute approximate surface area is 90.2 Å². The predicted octanol–water partition coefficient (Wildman–Crippen LogP) is 2.30. The fourth-order valence-corrected chi connectivity index (χ4v) is 1.65. The maximum atomic E-state index is 5.49. The highest BCUT2D eigenvalue weighted by Gasteiger charge is 2.20. The molecule has 0 unspecified atom stereocenters. The van der Waals surface area contributed by atoms with E-state index in [4.69, 9.17) is 9.47 Å². The lowest BCUT2D eigenvalue weighted by Crippen LogP contribution is -2.02. The zero-order chi connectivity index (χ0) is 10.5. The Hall–Kier alpha value is -1.30.